The van der Waals surface area contributed by atoms with Crippen molar-refractivity contribution in [1.82, 2.24) is 0 Å². The average molecular weight is 143 g/mol. The molecular formula is C8H11Cl. The van der Waals surface area contributed by atoms with Crippen molar-refractivity contribution in [2.45, 2.75) is 24.6 Å². The van der Waals surface area contributed by atoms with Gasteiger partial charge in [-0.3, -0.25) is 0 Å². The van der Waals surface area contributed by atoms with E-state index in [2.05, 4.69) is 24.3 Å². The minimum absolute atomic E-state index is 0.259. The summed E-state index contributed by atoms with van der Waals surface area (Å²) in [7, 11) is 0. The Kier molecular flexibility index (Phi) is 2.85. The first kappa shape index (κ1) is 6.88. The van der Waals surface area contributed by atoms with Crippen LogP contribution < -0.4 is 0 Å². The van der Waals surface area contributed by atoms with Crippen LogP contribution >= 0.6 is 11.6 Å². The molecule has 1 rings (SSSR count). The zero-order valence-corrected chi connectivity index (χ0v) is 6.14. The summed E-state index contributed by atoms with van der Waals surface area (Å²) in [5.74, 6) is 0. The SMILES string of the molecule is ClC1/C=C\C/C=C\CC1. The molecule has 1 heteroatoms. The van der Waals surface area contributed by atoms with Gasteiger partial charge in [0.15, 0.2) is 0 Å². The number of allylic oxidation sites excluding steroid dienone is 4. The van der Waals surface area contributed by atoms with Crippen LogP contribution in [0.15, 0.2) is 24.3 Å². The predicted molar refractivity (Wildman–Crippen MR) is 41.8 cm³/mol. The van der Waals surface area contributed by atoms with Crippen molar-refractivity contribution < 1.29 is 0 Å². The number of hydrogen-bond acceptors (Lipinski definition) is 0. The smallest absolute Gasteiger partial charge is 0.0519 e. The molecule has 0 aromatic heterocycles. The predicted octanol–water partition coefficient (Wildman–Crippen LogP) is 2.89. The first-order valence-electron chi connectivity index (χ1n) is 3.35. The summed E-state index contributed by atoms with van der Waals surface area (Å²) in [5.41, 5.74) is 0. The molecule has 0 saturated carbocycles. The molecule has 0 aliphatic heterocycles. The number of halogens is 1. The van der Waals surface area contributed by atoms with Gasteiger partial charge in [0.1, 0.15) is 0 Å². The van der Waals surface area contributed by atoms with Crippen molar-refractivity contribution in [3.8, 4) is 0 Å². The van der Waals surface area contributed by atoms with Gasteiger partial charge in [0.25, 0.3) is 0 Å². The maximum absolute atomic E-state index is 5.87. The highest BCUT2D eigenvalue weighted by atomic mass is 35.5. The molecule has 0 bridgehead atoms. The highest BCUT2D eigenvalue weighted by Gasteiger charge is 1.97. The summed E-state index contributed by atoms with van der Waals surface area (Å²) in [6, 6.07) is 0. The van der Waals surface area contributed by atoms with Crippen LogP contribution in [0.5, 0.6) is 0 Å². The molecule has 0 saturated heterocycles. The maximum Gasteiger partial charge on any atom is 0.0519 e. The Morgan fingerprint density at radius 1 is 1.22 bits per heavy atom. The molecule has 1 aliphatic rings. The van der Waals surface area contributed by atoms with Gasteiger partial charge in [0.2, 0.25) is 0 Å². The molecule has 1 atom stereocenters. The molecule has 1 aliphatic carbocycles. The van der Waals surface area contributed by atoms with Crippen LogP contribution in [0.25, 0.3) is 0 Å². The summed E-state index contributed by atoms with van der Waals surface area (Å²) >= 11 is 5.87. The number of rotatable bonds is 0. The van der Waals surface area contributed by atoms with Crippen LogP contribution in [-0.2, 0) is 0 Å². The third-order valence-corrected chi connectivity index (χ3v) is 1.76. The van der Waals surface area contributed by atoms with Crippen molar-refractivity contribution in [2.75, 3.05) is 0 Å². The van der Waals surface area contributed by atoms with Crippen LogP contribution in [0.4, 0.5) is 0 Å². The molecule has 0 heterocycles. The largest absolute Gasteiger partial charge is 0.118 e. The highest BCUT2D eigenvalue weighted by molar-refractivity contribution is 6.21. The third kappa shape index (κ3) is 2.71. The van der Waals surface area contributed by atoms with Gasteiger partial charge in [0.05, 0.1) is 5.38 Å². The van der Waals surface area contributed by atoms with Gasteiger partial charge >= 0.3 is 0 Å². The summed E-state index contributed by atoms with van der Waals surface area (Å²) < 4.78 is 0. The monoisotopic (exact) mass is 142 g/mol. The second kappa shape index (κ2) is 3.73. The van der Waals surface area contributed by atoms with Gasteiger partial charge in [-0.25, -0.2) is 0 Å². The summed E-state index contributed by atoms with van der Waals surface area (Å²) in [6.07, 6.45) is 11.8. The molecule has 1 unspecified atom stereocenters. The molecular weight excluding hydrogens is 132 g/mol. The average Bonchev–Trinajstić information content (AvgIpc) is 1.79. The lowest BCUT2D eigenvalue weighted by Gasteiger charge is -2.01. The fourth-order valence-corrected chi connectivity index (χ4v) is 1.10. The Labute approximate surface area is 61.2 Å². The van der Waals surface area contributed by atoms with E-state index in [1.165, 1.54) is 0 Å². The van der Waals surface area contributed by atoms with E-state index < -0.39 is 0 Å². The van der Waals surface area contributed by atoms with Crippen LogP contribution in [0.2, 0.25) is 0 Å². The molecule has 0 spiro atoms. The summed E-state index contributed by atoms with van der Waals surface area (Å²) in [4.78, 5) is 0. The van der Waals surface area contributed by atoms with Crippen molar-refractivity contribution >= 4 is 11.6 Å². The molecule has 0 amide bonds. The lowest BCUT2D eigenvalue weighted by Crippen LogP contribution is -1.92. The third-order valence-electron chi connectivity index (χ3n) is 1.39. The van der Waals surface area contributed by atoms with Gasteiger partial charge in [-0.2, -0.15) is 0 Å². The highest BCUT2D eigenvalue weighted by Crippen LogP contribution is 2.10. The van der Waals surface area contributed by atoms with E-state index in [0.29, 0.717) is 0 Å². The topological polar surface area (TPSA) is 0 Å². The maximum atomic E-state index is 5.87. The first-order valence-corrected chi connectivity index (χ1v) is 3.79. The van der Waals surface area contributed by atoms with Gasteiger partial charge < -0.3 is 0 Å². The molecule has 0 nitrogen and oxygen atoms in total. The Morgan fingerprint density at radius 3 is 3.00 bits per heavy atom. The molecule has 0 aromatic rings. The van der Waals surface area contributed by atoms with Crippen LogP contribution in [0, 0.1) is 0 Å². The molecule has 0 N–H and O–H groups in total. The Morgan fingerprint density at radius 2 is 2.11 bits per heavy atom. The van der Waals surface area contributed by atoms with Crippen LogP contribution in [0.3, 0.4) is 0 Å². The van der Waals surface area contributed by atoms with E-state index in [-0.39, 0.29) is 5.38 Å². The minimum Gasteiger partial charge on any atom is -0.118 e. The van der Waals surface area contributed by atoms with E-state index in [1.54, 1.807) is 0 Å². The molecule has 0 radical (unpaired) electrons. The quantitative estimate of drug-likeness (QED) is 0.361. The molecule has 50 valence electrons. The molecule has 0 fully saturated rings. The Balaban J connectivity index is 2.40. The van der Waals surface area contributed by atoms with E-state index in [0.717, 1.165) is 19.3 Å². The zero-order chi connectivity index (χ0) is 6.53. The van der Waals surface area contributed by atoms with Crippen molar-refractivity contribution in [3.63, 3.8) is 0 Å². The lowest BCUT2D eigenvalue weighted by atomic mass is 10.1. The van der Waals surface area contributed by atoms with E-state index in [1.807, 2.05) is 0 Å². The van der Waals surface area contributed by atoms with E-state index in [9.17, 15) is 0 Å². The zero-order valence-electron chi connectivity index (χ0n) is 5.39. The molecule has 0 aromatic carbocycles. The normalized spacial score (nSPS) is 34.6. The Hall–Kier alpha value is -0.230. The van der Waals surface area contributed by atoms with E-state index in [4.69, 9.17) is 11.6 Å². The van der Waals surface area contributed by atoms with Gasteiger partial charge in [0, 0.05) is 0 Å². The fourth-order valence-electron chi connectivity index (χ4n) is 0.871. The lowest BCUT2D eigenvalue weighted by molar-refractivity contribution is 0.864. The van der Waals surface area contributed by atoms with Crippen LogP contribution in [-0.4, -0.2) is 5.38 Å². The number of alkyl halides is 1. The van der Waals surface area contributed by atoms with Gasteiger partial charge in [-0.15, -0.1) is 11.6 Å². The molecule has 9 heavy (non-hydrogen) atoms. The van der Waals surface area contributed by atoms with Crippen molar-refractivity contribution in [3.05, 3.63) is 24.3 Å². The summed E-state index contributed by atoms with van der Waals surface area (Å²) in [5, 5.41) is 0.259. The van der Waals surface area contributed by atoms with Gasteiger partial charge in [-0.05, 0) is 19.3 Å². The van der Waals surface area contributed by atoms with Crippen molar-refractivity contribution in [2.24, 2.45) is 0 Å². The standard InChI is InChI=1S/C8H11Cl/c9-8-6-4-2-1-3-5-7-8/h1-2,5,7-8H,3-4,6H2/b2-1-,7-5-. The minimum atomic E-state index is 0.259. The van der Waals surface area contributed by atoms with E-state index >= 15 is 0 Å². The Bertz CT molecular complexity index is 125. The summed E-state index contributed by atoms with van der Waals surface area (Å²) in [6.45, 7) is 0. The van der Waals surface area contributed by atoms with Crippen molar-refractivity contribution in [1.29, 1.82) is 0 Å². The van der Waals surface area contributed by atoms with Crippen LogP contribution in [0.1, 0.15) is 19.3 Å². The van der Waals surface area contributed by atoms with Gasteiger partial charge in [-0.1, -0.05) is 24.3 Å². The fraction of sp³-hybridized carbons (Fsp3) is 0.500. The first-order chi connectivity index (χ1) is 4.39. The second-order valence-corrected chi connectivity index (χ2v) is 2.79. The number of hydrogen-bond donors (Lipinski definition) is 0. The second-order valence-electron chi connectivity index (χ2n) is 2.23.